The standard InChI is InChI=1S/C20H22FN3O2/c1-19(2)14-8-9-20(19,22-17(25)11-26-3)18-13(14)10-16(23-24-18)12-6-4-5-7-15(12)21/h4-7,10,14H,8-9,11H2,1-3H3,(H,22,25)/t14-,20-/m0/s1. The number of aromatic nitrogens is 2. The van der Waals surface area contributed by atoms with Crippen molar-refractivity contribution in [1.29, 1.82) is 0 Å². The van der Waals surface area contributed by atoms with Gasteiger partial charge in [-0.2, -0.15) is 10.2 Å². The molecule has 5 nitrogen and oxygen atoms in total. The number of carbonyl (C=O) groups excluding carboxylic acids is 1. The SMILES string of the molecule is COCC(=O)N[C@@]12CC[C@@H](c3cc(-c4ccccc4F)nnc31)C2(C)C. The first-order valence-electron chi connectivity index (χ1n) is 8.83. The van der Waals surface area contributed by atoms with E-state index in [9.17, 15) is 9.18 Å². The van der Waals surface area contributed by atoms with E-state index in [0.29, 0.717) is 11.3 Å². The maximum absolute atomic E-state index is 14.2. The third kappa shape index (κ3) is 2.21. The summed E-state index contributed by atoms with van der Waals surface area (Å²) in [7, 11) is 1.50. The van der Waals surface area contributed by atoms with E-state index in [2.05, 4.69) is 29.4 Å². The molecular formula is C20H22FN3O2. The fourth-order valence-electron chi connectivity index (χ4n) is 4.80. The number of carbonyl (C=O) groups is 1. The van der Waals surface area contributed by atoms with Crippen LogP contribution in [-0.4, -0.2) is 29.8 Å². The van der Waals surface area contributed by atoms with Crippen molar-refractivity contribution < 1.29 is 13.9 Å². The molecule has 4 rings (SSSR count). The molecule has 0 aliphatic heterocycles. The Balaban J connectivity index is 1.80. The second-order valence-corrected chi connectivity index (χ2v) is 7.71. The van der Waals surface area contributed by atoms with Crippen LogP contribution in [0.4, 0.5) is 4.39 Å². The van der Waals surface area contributed by atoms with E-state index in [4.69, 9.17) is 4.74 Å². The Morgan fingerprint density at radius 1 is 1.35 bits per heavy atom. The number of halogens is 1. The summed E-state index contributed by atoms with van der Waals surface area (Å²) in [6.45, 7) is 4.32. The predicted octanol–water partition coefficient (Wildman–Crippen LogP) is 3.16. The summed E-state index contributed by atoms with van der Waals surface area (Å²) >= 11 is 0. The Morgan fingerprint density at radius 2 is 2.12 bits per heavy atom. The minimum absolute atomic E-state index is 0.0125. The molecule has 2 atom stereocenters. The Bertz CT molecular complexity index is 883. The summed E-state index contributed by atoms with van der Waals surface area (Å²) < 4.78 is 19.1. The average Bonchev–Trinajstić information content (AvgIpc) is 2.96. The summed E-state index contributed by atoms with van der Waals surface area (Å²) in [5.41, 5.74) is 2.10. The Kier molecular flexibility index (Phi) is 3.84. The molecule has 2 bridgehead atoms. The van der Waals surface area contributed by atoms with Crippen LogP contribution >= 0.6 is 0 Å². The number of rotatable bonds is 4. The van der Waals surface area contributed by atoms with Crippen LogP contribution in [0.3, 0.4) is 0 Å². The van der Waals surface area contributed by atoms with Crippen molar-refractivity contribution >= 4 is 5.91 Å². The summed E-state index contributed by atoms with van der Waals surface area (Å²) in [5, 5.41) is 11.9. The van der Waals surface area contributed by atoms with Crippen LogP contribution in [-0.2, 0) is 15.1 Å². The molecule has 1 fully saturated rings. The summed E-state index contributed by atoms with van der Waals surface area (Å²) in [6, 6.07) is 8.52. The second kappa shape index (κ2) is 5.84. The lowest BCUT2D eigenvalue weighted by Crippen LogP contribution is -2.52. The molecule has 136 valence electrons. The summed E-state index contributed by atoms with van der Waals surface area (Å²) in [6.07, 6.45) is 1.77. The van der Waals surface area contributed by atoms with Crippen LogP contribution in [0, 0.1) is 11.2 Å². The number of benzene rings is 1. The largest absolute Gasteiger partial charge is 0.375 e. The Hall–Kier alpha value is -2.34. The number of methoxy groups -OCH3 is 1. The van der Waals surface area contributed by atoms with Gasteiger partial charge in [-0.3, -0.25) is 4.79 Å². The lowest BCUT2D eigenvalue weighted by molar-refractivity contribution is -0.128. The van der Waals surface area contributed by atoms with Crippen molar-refractivity contribution in [3.05, 3.63) is 47.4 Å². The zero-order chi connectivity index (χ0) is 18.5. The van der Waals surface area contributed by atoms with Crippen molar-refractivity contribution in [3.63, 3.8) is 0 Å². The zero-order valence-corrected chi connectivity index (χ0v) is 15.2. The van der Waals surface area contributed by atoms with Gasteiger partial charge < -0.3 is 10.1 Å². The molecule has 1 aromatic heterocycles. The molecule has 26 heavy (non-hydrogen) atoms. The highest BCUT2D eigenvalue weighted by atomic mass is 19.1. The molecule has 2 aliphatic carbocycles. The van der Waals surface area contributed by atoms with E-state index in [0.717, 1.165) is 24.1 Å². The maximum Gasteiger partial charge on any atom is 0.246 e. The van der Waals surface area contributed by atoms with Gasteiger partial charge in [-0.1, -0.05) is 26.0 Å². The van der Waals surface area contributed by atoms with Crippen molar-refractivity contribution in [2.24, 2.45) is 5.41 Å². The van der Waals surface area contributed by atoms with E-state index in [1.54, 1.807) is 18.2 Å². The molecule has 1 aromatic carbocycles. The number of hydrogen-bond donors (Lipinski definition) is 1. The third-order valence-electron chi connectivity index (χ3n) is 6.16. The number of ether oxygens (including phenoxy) is 1. The van der Waals surface area contributed by atoms with Crippen LogP contribution in [0.15, 0.2) is 30.3 Å². The molecule has 1 N–H and O–H groups in total. The fraction of sp³-hybridized carbons (Fsp3) is 0.450. The minimum Gasteiger partial charge on any atom is -0.375 e. The minimum atomic E-state index is -0.552. The Morgan fingerprint density at radius 3 is 2.85 bits per heavy atom. The van der Waals surface area contributed by atoms with Gasteiger partial charge in [0.15, 0.2) is 0 Å². The van der Waals surface area contributed by atoms with Gasteiger partial charge in [-0.05, 0) is 42.5 Å². The molecule has 6 heteroatoms. The van der Waals surface area contributed by atoms with E-state index in [1.165, 1.54) is 13.2 Å². The zero-order valence-electron chi connectivity index (χ0n) is 15.2. The van der Waals surface area contributed by atoms with Crippen LogP contribution < -0.4 is 5.32 Å². The summed E-state index contributed by atoms with van der Waals surface area (Å²) in [5.74, 6) is -0.220. The van der Waals surface area contributed by atoms with Crippen molar-refractivity contribution in [2.75, 3.05) is 13.7 Å². The quantitative estimate of drug-likeness (QED) is 0.915. The van der Waals surface area contributed by atoms with Gasteiger partial charge in [-0.25, -0.2) is 4.39 Å². The molecule has 0 saturated heterocycles. The smallest absolute Gasteiger partial charge is 0.246 e. The van der Waals surface area contributed by atoms with Gasteiger partial charge >= 0.3 is 0 Å². The predicted molar refractivity (Wildman–Crippen MR) is 94.9 cm³/mol. The molecular weight excluding hydrogens is 333 g/mol. The van der Waals surface area contributed by atoms with Crippen LogP contribution in [0.1, 0.15) is 43.9 Å². The molecule has 1 heterocycles. The van der Waals surface area contributed by atoms with Crippen molar-refractivity contribution in [3.8, 4) is 11.3 Å². The first-order chi connectivity index (χ1) is 12.4. The number of fused-ring (bicyclic) bond motifs is 5. The van der Waals surface area contributed by atoms with Gasteiger partial charge in [-0.15, -0.1) is 0 Å². The van der Waals surface area contributed by atoms with Gasteiger partial charge in [0.25, 0.3) is 0 Å². The second-order valence-electron chi connectivity index (χ2n) is 7.71. The third-order valence-corrected chi connectivity index (χ3v) is 6.16. The number of amides is 1. The number of hydrogen-bond acceptors (Lipinski definition) is 4. The van der Waals surface area contributed by atoms with Crippen LogP contribution in [0.5, 0.6) is 0 Å². The summed E-state index contributed by atoms with van der Waals surface area (Å²) in [4.78, 5) is 12.3. The van der Waals surface area contributed by atoms with E-state index in [1.807, 2.05) is 6.07 Å². The topological polar surface area (TPSA) is 64.1 Å². The van der Waals surface area contributed by atoms with E-state index in [-0.39, 0.29) is 29.7 Å². The molecule has 2 aliphatic rings. The maximum atomic E-state index is 14.2. The van der Waals surface area contributed by atoms with Crippen molar-refractivity contribution in [1.82, 2.24) is 15.5 Å². The first kappa shape index (κ1) is 17.1. The molecule has 0 unspecified atom stereocenters. The van der Waals surface area contributed by atoms with Gasteiger partial charge in [0.1, 0.15) is 12.4 Å². The molecule has 1 saturated carbocycles. The van der Waals surface area contributed by atoms with Crippen molar-refractivity contribution in [2.45, 2.75) is 38.1 Å². The van der Waals surface area contributed by atoms with Crippen LogP contribution in [0.25, 0.3) is 11.3 Å². The monoisotopic (exact) mass is 355 g/mol. The number of nitrogens with one attached hydrogen (secondary N) is 1. The van der Waals surface area contributed by atoms with Gasteiger partial charge in [0.2, 0.25) is 5.91 Å². The highest BCUT2D eigenvalue weighted by molar-refractivity contribution is 5.79. The highest BCUT2D eigenvalue weighted by Crippen LogP contribution is 2.66. The highest BCUT2D eigenvalue weighted by Gasteiger charge is 2.64. The average molecular weight is 355 g/mol. The lowest BCUT2D eigenvalue weighted by Gasteiger charge is -2.38. The van der Waals surface area contributed by atoms with E-state index < -0.39 is 5.54 Å². The fourth-order valence-corrected chi connectivity index (χ4v) is 4.80. The Labute approximate surface area is 152 Å². The van der Waals surface area contributed by atoms with Gasteiger partial charge in [0.05, 0.1) is 16.9 Å². The molecule has 0 radical (unpaired) electrons. The van der Waals surface area contributed by atoms with E-state index >= 15 is 0 Å². The first-order valence-corrected chi connectivity index (χ1v) is 8.83. The van der Waals surface area contributed by atoms with Crippen LogP contribution in [0.2, 0.25) is 0 Å². The lowest BCUT2D eigenvalue weighted by atomic mass is 9.75. The molecule has 0 spiro atoms. The molecule has 1 amide bonds. The van der Waals surface area contributed by atoms with Gasteiger partial charge in [0, 0.05) is 18.1 Å². The number of nitrogens with zero attached hydrogens (tertiary/aromatic N) is 2. The normalized spacial score (nSPS) is 25.2. The molecule has 2 aromatic rings.